The molecule has 21 heavy (non-hydrogen) atoms. The highest BCUT2D eigenvalue weighted by Crippen LogP contribution is 2.29. The van der Waals surface area contributed by atoms with Crippen LogP contribution >= 0.6 is 0 Å². The molecule has 2 aromatic rings. The van der Waals surface area contributed by atoms with E-state index in [0.29, 0.717) is 6.04 Å². The van der Waals surface area contributed by atoms with E-state index in [1.165, 1.54) is 5.56 Å². The molecule has 112 valence electrons. The van der Waals surface area contributed by atoms with Crippen molar-refractivity contribution in [2.75, 3.05) is 18.0 Å². The first kappa shape index (κ1) is 14.1. The Hall–Kier alpha value is -1.81. The number of nitrogens with one attached hydrogen (secondary N) is 1. The van der Waals surface area contributed by atoms with Gasteiger partial charge in [-0.3, -0.25) is 4.68 Å². The van der Waals surface area contributed by atoms with E-state index < -0.39 is 0 Å². The first-order valence-corrected chi connectivity index (χ1v) is 7.69. The number of aromatic nitrogens is 2. The van der Waals surface area contributed by atoms with Gasteiger partial charge in [0.15, 0.2) is 5.82 Å². The van der Waals surface area contributed by atoms with Gasteiger partial charge in [0.2, 0.25) is 0 Å². The van der Waals surface area contributed by atoms with Crippen molar-refractivity contribution in [3.8, 4) is 0 Å². The van der Waals surface area contributed by atoms with Gasteiger partial charge in [0.1, 0.15) is 0 Å². The Kier molecular flexibility index (Phi) is 3.72. The Morgan fingerprint density at radius 2 is 2.05 bits per heavy atom. The summed E-state index contributed by atoms with van der Waals surface area (Å²) in [6, 6.07) is 13.3. The molecule has 1 aliphatic rings. The molecular weight excluding hydrogens is 260 g/mol. The molecule has 1 aromatic carbocycles. The van der Waals surface area contributed by atoms with Gasteiger partial charge in [-0.05, 0) is 18.9 Å². The largest absolute Gasteiger partial charge is 0.349 e. The molecule has 4 heteroatoms. The number of nitrogens with zero attached hydrogens (tertiary/aromatic N) is 3. The van der Waals surface area contributed by atoms with Gasteiger partial charge in [-0.2, -0.15) is 5.10 Å². The molecule has 0 saturated carbocycles. The van der Waals surface area contributed by atoms with Crippen LogP contribution in [0.1, 0.15) is 25.8 Å². The normalized spacial score (nSPS) is 26.0. The minimum Gasteiger partial charge on any atom is -0.349 e. The molecule has 0 aliphatic carbocycles. The van der Waals surface area contributed by atoms with Crippen molar-refractivity contribution in [3.05, 3.63) is 48.2 Å². The number of hydrogen-bond donors (Lipinski definition) is 1. The standard InChI is InChI=1S/C17H24N4/c1-4-15-12-18-17(2,14-8-6-5-7-9-14)13-21(15)16-10-11-20(3)19-16/h5-11,15,18H,4,12-13H2,1-3H3. The molecule has 0 bridgehead atoms. The summed E-state index contributed by atoms with van der Waals surface area (Å²) in [7, 11) is 1.98. The van der Waals surface area contributed by atoms with E-state index >= 15 is 0 Å². The highest BCUT2D eigenvalue weighted by atomic mass is 15.4. The minimum atomic E-state index is -0.0373. The van der Waals surface area contributed by atoms with Crippen molar-refractivity contribution in [2.24, 2.45) is 7.05 Å². The lowest BCUT2D eigenvalue weighted by Gasteiger charge is -2.46. The lowest BCUT2D eigenvalue weighted by molar-refractivity contribution is 0.287. The Balaban J connectivity index is 1.91. The highest BCUT2D eigenvalue weighted by Gasteiger charge is 2.37. The second-order valence-electron chi connectivity index (χ2n) is 6.12. The zero-order chi connectivity index (χ0) is 14.9. The molecule has 0 spiro atoms. The summed E-state index contributed by atoms with van der Waals surface area (Å²) in [6.07, 6.45) is 3.14. The fourth-order valence-corrected chi connectivity index (χ4v) is 3.17. The summed E-state index contributed by atoms with van der Waals surface area (Å²) < 4.78 is 1.88. The fraction of sp³-hybridized carbons (Fsp3) is 0.471. The molecule has 3 rings (SSSR count). The topological polar surface area (TPSA) is 33.1 Å². The molecule has 1 saturated heterocycles. The van der Waals surface area contributed by atoms with Gasteiger partial charge in [0, 0.05) is 38.4 Å². The van der Waals surface area contributed by atoms with Gasteiger partial charge in [-0.1, -0.05) is 37.3 Å². The number of aryl methyl sites for hydroxylation is 1. The molecule has 2 atom stereocenters. The Morgan fingerprint density at radius 3 is 2.67 bits per heavy atom. The van der Waals surface area contributed by atoms with Gasteiger partial charge >= 0.3 is 0 Å². The zero-order valence-corrected chi connectivity index (χ0v) is 13.1. The SMILES string of the molecule is CCC1CNC(C)(c2ccccc2)CN1c1ccn(C)n1. The summed E-state index contributed by atoms with van der Waals surface area (Å²) in [6.45, 7) is 6.45. The number of benzene rings is 1. The number of rotatable bonds is 3. The molecular formula is C17H24N4. The van der Waals surface area contributed by atoms with Gasteiger partial charge in [0.05, 0.1) is 5.54 Å². The smallest absolute Gasteiger partial charge is 0.150 e. The fourth-order valence-electron chi connectivity index (χ4n) is 3.17. The van der Waals surface area contributed by atoms with Crippen molar-refractivity contribution in [1.82, 2.24) is 15.1 Å². The quantitative estimate of drug-likeness (QED) is 0.940. The highest BCUT2D eigenvalue weighted by molar-refractivity contribution is 5.42. The van der Waals surface area contributed by atoms with Gasteiger partial charge in [-0.15, -0.1) is 0 Å². The second kappa shape index (κ2) is 5.53. The summed E-state index contributed by atoms with van der Waals surface area (Å²) in [4.78, 5) is 2.45. The van der Waals surface area contributed by atoms with Crippen LogP contribution in [0.4, 0.5) is 5.82 Å². The zero-order valence-electron chi connectivity index (χ0n) is 13.1. The van der Waals surface area contributed by atoms with Crippen LogP contribution in [0.15, 0.2) is 42.6 Å². The van der Waals surface area contributed by atoms with E-state index in [2.05, 4.69) is 65.6 Å². The molecule has 2 heterocycles. The Bertz CT molecular complexity index is 592. The van der Waals surface area contributed by atoms with Gasteiger partial charge in [0.25, 0.3) is 0 Å². The predicted molar refractivity (Wildman–Crippen MR) is 86.4 cm³/mol. The first-order valence-electron chi connectivity index (χ1n) is 7.69. The monoisotopic (exact) mass is 284 g/mol. The van der Waals surface area contributed by atoms with Crippen LogP contribution in [0.2, 0.25) is 0 Å². The number of hydrogen-bond acceptors (Lipinski definition) is 3. The van der Waals surface area contributed by atoms with E-state index in [4.69, 9.17) is 0 Å². The first-order chi connectivity index (χ1) is 10.1. The van der Waals surface area contributed by atoms with Crippen molar-refractivity contribution < 1.29 is 0 Å². The van der Waals surface area contributed by atoms with Crippen molar-refractivity contribution in [2.45, 2.75) is 31.8 Å². The third kappa shape index (κ3) is 2.68. The summed E-state index contributed by atoms with van der Waals surface area (Å²) in [5.74, 6) is 1.08. The lowest BCUT2D eigenvalue weighted by Crippen LogP contribution is -2.61. The molecule has 1 aromatic heterocycles. The van der Waals surface area contributed by atoms with E-state index in [1.807, 2.05) is 17.9 Å². The summed E-state index contributed by atoms with van der Waals surface area (Å²) >= 11 is 0. The Morgan fingerprint density at radius 1 is 1.29 bits per heavy atom. The molecule has 4 nitrogen and oxygen atoms in total. The van der Waals surface area contributed by atoms with Crippen LogP contribution in [0.3, 0.4) is 0 Å². The van der Waals surface area contributed by atoms with E-state index in [9.17, 15) is 0 Å². The maximum atomic E-state index is 4.61. The Labute approximate surface area is 126 Å². The number of piperazine rings is 1. The van der Waals surface area contributed by atoms with Crippen LogP contribution in [-0.4, -0.2) is 28.9 Å². The van der Waals surface area contributed by atoms with Crippen LogP contribution in [-0.2, 0) is 12.6 Å². The van der Waals surface area contributed by atoms with Crippen LogP contribution in [0, 0.1) is 0 Å². The molecule has 0 radical (unpaired) electrons. The predicted octanol–water partition coefficient (Wildman–Crippen LogP) is 2.52. The van der Waals surface area contributed by atoms with Gasteiger partial charge in [-0.25, -0.2) is 0 Å². The van der Waals surface area contributed by atoms with Crippen LogP contribution in [0.25, 0.3) is 0 Å². The minimum absolute atomic E-state index is 0.0373. The molecule has 1 N–H and O–H groups in total. The molecule has 0 amide bonds. The molecule has 1 fully saturated rings. The van der Waals surface area contributed by atoms with Crippen molar-refractivity contribution in [1.29, 1.82) is 0 Å². The maximum Gasteiger partial charge on any atom is 0.150 e. The van der Waals surface area contributed by atoms with Gasteiger partial charge < -0.3 is 10.2 Å². The average Bonchev–Trinajstić information content (AvgIpc) is 2.95. The summed E-state index contributed by atoms with van der Waals surface area (Å²) in [5, 5.41) is 8.35. The van der Waals surface area contributed by atoms with Crippen LogP contribution < -0.4 is 10.2 Å². The molecule has 1 aliphatic heterocycles. The van der Waals surface area contributed by atoms with E-state index in [1.54, 1.807) is 0 Å². The van der Waals surface area contributed by atoms with E-state index in [-0.39, 0.29) is 5.54 Å². The number of anilines is 1. The third-order valence-corrected chi connectivity index (χ3v) is 4.53. The second-order valence-corrected chi connectivity index (χ2v) is 6.12. The maximum absolute atomic E-state index is 4.61. The average molecular weight is 284 g/mol. The van der Waals surface area contributed by atoms with E-state index in [0.717, 1.165) is 25.3 Å². The van der Waals surface area contributed by atoms with Crippen molar-refractivity contribution in [3.63, 3.8) is 0 Å². The third-order valence-electron chi connectivity index (χ3n) is 4.53. The summed E-state index contributed by atoms with van der Waals surface area (Å²) in [5.41, 5.74) is 1.30. The van der Waals surface area contributed by atoms with Crippen LogP contribution in [0.5, 0.6) is 0 Å². The lowest BCUT2D eigenvalue weighted by atomic mass is 9.88. The van der Waals surface area contributed by atoms with Crippen molar-refractivity contribution >= 4 is 5.82 Å². The molecule has 2 unspecified atom stereocenters.